The van der Waals surface area contributed by atoms with Gasteiger partial charge in [0.05, 0.1) is 14.1 Å². The minimum absolute atomic E-state index is 0. The molecule has 0 aliphatic carbocycles. The maximum atomic E-state index is 9.05. The van der Waals surface area contributed by atoms with Crippen molar-refractivity contribution in [3.05, 3.63) is 48.5 Å². The minimum Gasteiger partial charge on any atom is -1.00 e. The molecular formula is C16H23ClN2O2. The number of quaternary nitrogens is 1. The number of aromatic hydroxyl groups is 2. The monoisotopic (exact) mass is 310 g/mol. The van der Waals surface area contributed by atoms with E-state index in [2.05, 4.69) is 0 Å². The molecule has 0 amide bonds. The highest BCUT2D eigenvalue weighted by atomic mass is 35.5. The Kier molecular flexibility index (Phi) is 8.28. The molecule has 5 heteroatoms. The third-order valence-corrected chi connectivity index (χ3v) is 2.77. The SMILES string of the molecule is CN(C)c1cccc(O)c1.C[NH+](C)c1cccc(O)c1.[Cl-]. The number of anilines is 1. The van der Waals surface area contributed by atoms with E-state index < -0.39 is 0 Å². The molecule has 4 nitrogen and oxygen atoms in total. The number of benzene rings is 2. The second-order valence-electron chi connectivity index (χ2n) is 4.96. The molecule has 116 valence electrons. The quantitative estimate of drug-likeness (QED) is 0.641. The predicted octanol–water partition coefficient (Wildman–Crippen LogP) is -1.37. The average Bonchev–Trinajstić information content (AvgIpc) is 2.39. The average molecular weight is 311 g/mol. The van der Waals surface area contributed by atoms with Gasteiger partial charge in [0, 0.05) is 31.9 Å². The summed E-state index contributed by atoms with van der Waals surface area (Å²) >= 11 is 0. The molecule has 0 atom stereocenters. The molecular weight excluding hydrogens is 288 g/mol. The van der Waals surface area contributed by atoms with E-state index in [4.69, 9.17) is 10.2 Å². The third kappa shape index (κ3) is 6.88. The highest BCUT2D eigenvalue weighted by Gasteiger charge is 1.98. The number of nitrogens with zero attached hydrogens (tertiary/aromatic N) is 1. The Balaban J connectivity index is 0.000000364. The molecule has 2 aromatic rings. The topological polar surface area (TPSA) is 48.1 Å². The number of rotatable bonds is 2. The maximum Gasteiger partial charge on any atom is 0.134 e. The number of hydrogen-bond donors (Lipinski definition) is 3. The summed E-state index contributed by atoms with van der Waals surface area (Å²) in [7, 11) is 7.92. The van der Waals surface area contributed by atoms with Crippen LogP contribution in [0, 0.1) is 0 Å². The van der Waals surface area contributed by atoms with Crippen LogP contribution in [0.15, 0.2) is 48.5 Å². The molecule has 0 saturated carbocycles. The van der Waals surface area contributed by atoms with Crippen molar-refractivity contribution in [1.29, 1.82) is 0 Å². The summed E-state index contributed by atoms with van der Waals surface area (Å²) in [5, 5.41) is 18.1. The number of hydrogen-bond acceptors (Lipinski definition) is 3. The lowest BCUT2D eigenvalue weighted by atomic mass is 10.3. The molecule has 0 aliphatic heterocycles. The van der Waals surface area contributed by atoms with Crippen molar-refractivity contribution >= 4 is 11.4 Å². The Hall–Kier alpha value is -1.91. The van der Waals surface area contributed by atoms with Crippen molar-refractivity contribution in [2.24, 2.45) is 0 Å². The summed E-state index contributed by atoms with van der Waals surface area (Å²) in [6.07, 6.45) is 0. The Bertz CT molecular complexity index is 496. The fourth-order valence-electron chi connectivity index (χ4n) is 1.59. The Labute approximate surface area is 132 Å². The van der Waals surface area contributed by atoms with Crippen molar-refractivity contribution in [1.82, 2.24) is 0 Å². The van der Waals surface area contributed by atoms with Crippen molar-refractivity contribution in [3.63, 3.8) is 0 Å². The molecule has 0 spiro atoms. The summed E-state index contributed by atoms with van der Waals surface area (Å²) in [4.78, 5) is 3.16. The van der Waals surface area contributed by atoms with Gasteiger partial charge in [-0.3, -0.25) is 0 Å². The molecule has 21 heavy (non-hydrogen) atoms. The van der Waals surface area contributed by atoms with Crippen LogP contribution in [0.5, 0.6) is 11.5 Å². The number of nitrogens with one attached hydrogen (secondary N) is 1. The summed E-state index contributed by atoms with van der Waals surface area (Å²) in [6.45, 7) is 0. The first-order valence-corrected chi connectivity index (χ1v) is 6.46. The minimum atomic E-state index is 0. The first kappa shape index (κ1) is 19.1. The highest BCUT2D eigenvalue weighted by molar-refractivity contribution is 5.48. The van der Waals surface area contributed by atoms with Gasteiger partial charge in [0.2, 0.25) is 0 Å². The second-order valence-corrected chi connectivity index (χ2v) is 4.96. The zero-order valence-corrected chi connectivity index (χ0v) is 13.6. The molecule has 0 bridgehead atoms. The van der Waals surface area contributed by atoms with Crippen LogP contribution in [-0.2, 0) is 0 Å². The van der Waals surface area contributed by atoms with Crippen LogP contribution in [0.4, 0.5) is 11.4 Å². The third-order valence-electron chi connectivity index (χ3n) is 2.77. The van der Waals surface area contributed by atoms with Gasteiger partial charge in [-0.1, -0.05) is 12.1 Å². The van der Waals surface area contributed by atoms with Crippen LogP contribution >= 0.6 is 0 Å². The van der Waals surface area contributed by atoms with E-state index in [1.165, 1.54) is 4.90 Å². The van der Waals surface area contributed by atoms with Crippen molar-refractivity contribution in [3.8, 4) is 11.5 Å². The fraction of sp³-hybridized carbons (Fsp3) is 0.250. The molecule has 0 aliphatic rings. The number of halogens is 1. The van der Waals surface area contributed by atoms with Crippen LogP contribution in [-0.4, -0.2) is 38.4 Å². The van der Waals surface area contributed by atoms with Crippen LogP contribution in [0.3, 0.4) is 0 Å². The van der Waals surface area contributed by atoms with Crippen LogP contribution < -0.4 is 22.2 Å². The van der Waals surface area contributed by atoms with Gasteiger partial charge in [0.15, 0.2) is 0 Å². The van der Waals surface area contributed by atoms with Gasteiger partial charge in [0.1, 0.15) is 17.2 Å². The normalized spacial score (nSPS) is 9.38. The highest BCUT2D eigenvalue weighted by Crippen LogP contribution is 2.17. The van der Waals surface area contributed by atoms with E-state index in [-0.39, 0.29) is 12.4 Å². The van der Waals surface area contributed by atoms with Crippen LogP contribution in [0.2, 0.25) is 0 Å². The standard InChI is InChI=1S/2C8H11NO.ClH/c2*1-9(2)7-4-3-5-8(10)6-7;/h2*3-6,10H,1-2H3;1H. The molecule has 2 aromatic carbocycles. The predicted molar refractivity (Wildman–Crippen MR) is 83.0 cm³/mol. The molecule has 0 saturated heterocycles. The molecule has 0 radical (unpaired) electrons. The molecule has 3 N–H and O–H groups in total. The van der Waals surface area contributed by atoms with Gasteiger partial charge in [-0.05, 0) is 24.3 Å². The van der Waals surface area contributed by atoms with E-state index in [9.17, 15) is 0 Å². The van der Waals surface area contributed by atoms with E-state index in [0.29, 0.717) is 11.5 Å². The molecule has 0 aromatic heterocycles. The largest absolute Gasteiger partial charge is 1.00 e. The van der Waals surface area contributed by atoms with Gasteiger partial charge in [-0.2, -0.15) is 0 Å². The van der Waals surface area contributed by atoms with Gasteiger partial charge >= 0.3 is 0 Å². The lowest BCUT2D eigenvalue weighted by Crippen LogP contribution is -3.00. The Morgan fingerprint density at radius 3 is 1.71 bits per heavy atom. The zero-order chi connectivity index (χ0) is 15.1. The summed E-state index contributed by atoms with van der Waals surface area (Å²) < 4.78 is 0. The maximum absolute atomic E-state index is 9.05. The summed E-state index contributed by atoms with van der Waals surface area (Å²) in [6, 6.07) is 14.4. The van der Waals surface area contributed by atoms with Crippen molar-refractivity contribution in [2.45, 2.75) is 0 Å². The zero-order valence-electron chi connectivity index (χ0n) is 12.8. The summed E-state index contributed by atoms with van der Waals surface area (Å²) in [5.74, 6) is 0.643. The number of phenols is 2. The van der Waals surface area contributed by atoms with Gasteiger partial charge < -0.3 is 32.4 Å². The van der Waals surface area contributed by atoms with Crippen molar-refractivity contribution < 1.29 is 27.5 Å². The Morgan fingerprint density at radius 1 is 0.857 bits per heavy atom. The lowest BCUT2D eigenvalue weighted by Gasteiger charge is -2.11. The number of phenolic OH excluding ortho intramolecular Hbond substituents is 2. The van der Waals surface area contributed by atoms with Gasteiger partial charge in [-0.15, -0.1) is 0 Å². The molecule has 0 unspecified atom stereocenters. The molecule has 2 rings (SSSR count). The van der Waals surface area contributed by atoms with Crippen LogP contribution in [0.1, 0.15) is 0 Å². The molecule has 0 fully saturated rings. The first-order chi connectivity index (χ1) is 9.40. The first-order valence-electron chi connectivity index (χ1n) is 6.46. The second kappa shape index (κ2) is 9.10. The van der Waals surface area contributed by atoms with Crippen molar-refractivity contribution in [2.75, 3.05) is 33.1 Å². The van der Waals surface area contributed by atoms with Gasteiger partial charge in [-0.25, -0.2) is 0 Å². The summed E-state index contributed by atoms with van der Waals surface area (Å²) in [5.41, 5.74) is 2.11. The smallest absolute Gasteiger partial charge is 0.134 e. The van der Waals surface area contributed by atoms with E-state index in [0.717, 1.165) is 11.4 Å². The van der Waals surface area contributed by atoms with E-state index >= 15 is 0 Å². The fourth-order valence-corrected chi connectivity index (χ4v) is 1.59. The van der Waals surface area contributed by atoms with Gasteiger partial charge in [0.25, 0.3) is 0 Å². The van der Waals surface area contributed by atoms with E-state index in [1.807, 2.05) is 57.4 Å². The lowest BCUT2D eigenvalue weighted by molar-refractivity contribution is -0.786. The van der Waals surface area contributed by atoms with Crippen LogP contribution in [0.25, 0.3) is 0 Å². The Morgan fingerprint density at radius 2 is 1.38 bits per heavy atom. The van der Waals surface area contributed by atoms with E-state index in [1.54, 1.807) is 24.3 Å². The molecule has 0 heterocycles.